The maximum Gasteiger partial charge on any atom is 0.325 e. The number of nitrogens with zero attached hydrogens (tertiary/aromatic N) is 2. The first-order chi connectivity index (χ1) is 14.2. The second-order valence-corrected chi connectivity index (χ2v) is 8.64. The van der Waals surface area contributed by atoms with Gasteiger partial charge < -0.3 is 19.1 Å². The molecule has 2 rings (SSSR count). The van der Waals surface area contributed by atoms with Gasteiger partial charge in [-0.25, -0.2) is 8.42 Å². The predicted octanol–water partition coefficient (Wildman–Crippen LogP) is 0.271. The van der Waals surface area contributed by atoms with E-state index in [0.717, 1.165) is 4.90 Å². The van der Waals surface area contributed by atoms with Gasteiger partial charge in [-0.2, -0.15) is 4.31 Å². The van der Waals surface area contributed by atoms with Crippen LogP contribution in [0.1, 0.15) is 12.8 Å². The van der Waals surface area contributed by atoms with E-state index in [2.05, 4.69) is 9.47 Å². The van der Waals surface area contributed by atoms with Crippen LogP contribution in [0.4, 0.5) is 0 Å². The molecule has 1 fully saturated rings. The highest BCUT2D eigenvalue weighted by Gasteiger charge is 2.35. The zero-order valence-electron chi connectivity index (χ0n) is 17.2. The van der Waals surface area contributed by atoms with Crippen LogP contribution in [0.25, 0.3) is 0 Å². The molecule has 1 aliphatic heterocycles. The van der Waals surface area contributed by atoms with Crippen molar-refractivity contribution in [3.63, 3.8) is 0 Å². The molecule has 0 saturated carbocycles. The van der Waals surface area contributed by atoms with Crippen molar-refractivity contribution in [3.8, 4) is 5.75 Å². The minimum absolute atomic E-state index is 0.145. The summed E-state index contributed by atoms with van der Waals surface area (Å²) in [6.07, 6.45) is 0.542. The Balaban J connectivity index is 2.05. The smallest absolute Gasteiger partial charge is 0.325 e. The molecule has 1 saturated heterocycles. The summed E-state index contributed by atoms with van der Waals surface area (Å²) < 4.78 is 41.2. The first-order valence-electron chi connectivity index (χ1n) is 9.29. The van der Waals surface area contributed by atoms with Gasteiger partial charge in [-0.1, -0.05) is 0 Å². The Morgan fingerprint density at radius 1 is 0.967 bits per heavy atom. The molecular formula is C19H26N2O8S. The molecule has 1 heterocycles. The van der Waals surface area contributed by atoms with Crippen molar-refractivity contribution in [2.75, 3.05) is 47.5 Å². The van der Waals surface area contributed by atoms with Crippen LogP contribution in [0.5, 0.6) is 5.75 Å². The Bertz CT molecular complexity index is 843. The number of benzene rings is 1. The zero-order chi connectivity index (χ0) is 22.3. The zero-order valence-corrected chi connectivity index (χ0v) is 18.0. The maximum absolute atomic E-state index is 12.8. The van der Waals surface area contributed by atoms with E-state index in [9.17, 15) is 22.8 Å². The molecule has 0 bridgehead atoms. The average molecular weight is 442 g/mol. The summed E-state index contributed by atoms with van der Waals surface area (Å²) in [5, 5.41) is 0. The molecule has 166 valence electrons. The summed E-state index contributed by atoms with van der Waals surface area (Å²) in [4.78, 5) is 37.3. The molecule has 0 unspecified atom stereocenters. The Hall–Kier alpha value is -2.66. The van der Waals surface area contributed by atoms with E-state index >= 15 is 0 Å². The largest absolute Gasteiger partial charge is 0.497 e. The lowest BCUT2D eigenvalue weighted by molar-refractivity contribution is -0.154. The van der Waals surface area contributed by atoms with Crippen LogP contribution in [0.3, 0.4) is 0 Å². The maximum atomic E-state index is 12.8. The van der Waals surface area contributed by atoms with E-state index in [0.29, 0.717) is 5.75 Å². The van der Waals surface area contributed by atoms with Crippen LogP contribution in [0.2, 0.25) is 0 Å². The fourth-order valence-electron chi connectivity index (χ4n) is 3.15. The Kier molecular flexibility index (Phi) is 8.18. The van der Waals surface area contributed by atoms with Crippen molar-refractivity contribution in [2.45, 2.75) is 17.7 Å². The van der Waals surface area contributed by atoms with Gasteiger partial charge in [0.2, 0.25) is 15.9 Å². The first-order valence-corrected chi connectivity index (χ1v) is 10.7. The van der Waals surface area contributed by atoms with Crippen molar-refractivity contribution in [3.05, 3.63) is 24.3 Å². The van der Waals surface area contributed by atoms with Gasteiger partial charge in [0, 0.05) is 19.0 Å². The fraction of sp³-hybridized carbons (Fsp3) is 0.526. The van der Waals surface area contributed by atoms with E-state index in [1.807, 2.05) is 0 Å². The predicted molar refractivity (Wildman–Crippen MR) is 105 cm³/mol. The van der Waals surface area contributed by atoms with Gasteiger partial charge in [0.1, 0.15) is 18.8 Å². The fourth-order valence-corrected chi connectivity index (χ4v) is 4.62. The lowest BCUT2D eigenvalue weighted by atomic mass is 9.96. The lowest BCUT2D eigenvalue weighted by Gasteiger charge is -2.33. The second kappa shape index (κ2) is 10.4. The van der Waals surface area contributed by atoms with Crippen molar-refractivity contribution in [1.82, 2.24) is 9.21 Å². The van der Waals surface area contributed by atoms with E-state index in [4.69, 9.17) is 4.74 Å². The molecular weight excluding hydrogens is 416 g/mol. The molecule has 0 spiro atoms. The minimum atomic E-state index is -3.70. The number of carbonyl (C=O) groups excluding carboxylic acids is 3. The van der Waals surface area contributed by atoms with E-state index in [1.165, 1.54) is 37.8 Å². The van der Waals surface area contributed by atoms with E-state index < -0.39 is 33.8 Å². The van der Waals surface area contributed by atoms with Gasteiger partial charge in [-0.3, -0.25) is 14.4 Å². The molecule has 0 N–H and O–H groups in total. The van der Waals surface area contributed by atoms with Crippen LogP contribution < -0.4 is 4.74 Å². The van der Waals surface area contributed by atoms with Crippen LogP contribution in [0.15, 0.2) is 29.2 Å². The van der Waals surface area contributed by atoms with Gasteiger partial charge in [0.05, 0.1) is 26.2 Å². The summed E-state index contributed by atoms with van der Waals surface area (Å²) >= 11 is 0. The first kappa shape index (κ1) is 23.6. The van der Waals surface area contributed by atoms with Crippen LogP contribution in [-0.4, -0.2) is 83.0 Å². The third-order valence-corrected chi connectivity index (χ3v) is 6.82. The van der Waals surface area contributed by atoms with Gasteiger partial charge in [0.25, 0.3) is 0 Å². The van der Waals surface area contributed by atoms with Crippen LogP contribution >= 0.6 is 0 Å². The number of carbonyl (C=O) groups is 3. The van der Waals surface area contributed by atoms with Crippen molar-refractivity contribution in [2.24, 2.45) is 5.92 Å². The number of methoxy groups -OCH3 is 3. The molecule has 0 atom stereocenters. The number of amides is 1. The second-order valence-electron chi connectivity index (χ2n) is 6.70. The van der Waals surface area contributed by atoms with E-state index in [1.54, 1.807) is 12.1 Å². The molecule has 11 heteroatoms. The molecule has 1 amide bonds. The highest BCUT2D eigenvalue weighted by Crippen LogP contribution is 2.26. The molecule has 0 aromatic heterocycles. The Labute approximate surface area is 175 Å². The normalized spacial score (nSPS) is 15.3. The highest BCUT2D eigenvalue weighted by molar-refractivity contribution is 7.89. The quantitative estimate of drug-likeness (QED) is 0.526. The lowest BCUT2D eigenvalue weighted by Crippen LogP contribution is -2.47. The summed E-state index contributed by atoms with van der Waals surface area (Å²) in [6.45, 7) is -0.465. The standard InChI is InChI=1S/C19H26N2O8S/c1-27-15-4-6-16(7-5-15)30(25,26)21-10-8-14(9-11-21)19(24)20(12-17(22)28-2)13-18(23)29-3/h4-7,14H,8-13H2,1-3H3. The third kappa shape index (κ3) is 5.70. The topological polar surface area (TPSA) is 120 Å². The van der Waals surface area contributed by atoms with Gasteiger partial charge in [-0.15, -0.1) is 0 Å². The van der Waals surface area contributed by atoms with Crippen molar-refractivity contribution in [1.29, 1.82) is 0 Å². The summed E-state index contributed by atoms with van der Waals surface area (Å²) in [5.74, 6) is -1.69. The van der Waals surface area contributed by atoms with Crippen molar-refractivity contribution >= 4 is 27.9 Å². The minimum Gasteiger partial charge on any atom is -0.497 e. The number of rotatable bonds is 8. The summed E-state index contributed by atoms with van der Waals surface area (Å²) in [6, 6.07) is 6.08. The molecule has 1 aromatic carbocycles. The summed E-state index contributed by atoms with van der Waals surface area (Å²) in [7, 11) is 0.170. The molecule has 1 aliphatic rings. The SMILES string of the molecule is COC(=O)CN(CC(=O)OC)C(=O)C1CCN(S(=O)(=O)c2ccc(OC)cc2)CC1. The van der Waals surface area contributed by atoms with Crippen LogP contribution in [-0.2, 0) is 33.9 Å². The Morgan fingerprint density at radius 3 is 1.90 bits per heavy atom. The third-order valence-electron chi connectivity index (χ3n) is 4.91. The number of sulfonamides is 1. The van der Waals surface area contributed by atoms with Gasteiger partial charge in [0.15, 0.2) is 0 Å². The number of hydrogen-bond donors (Lipinski definition) is 0. The molecule has 30 heavy (non-hydrogen) atoms. The van der Waals surface area contributed by atoms with Crippen molar-refractivity contribution < 1.29 is 37.0 Å². The average Bonchev–Trinajstić information content (AvgIpc) is 2.77. The number of ether oxygens (including phenoxy) is 3. The number of piperidine rings is 1. The monoisotopic (exact) mass is 442 g/mol. The molecule has 10 nitrogen and oxygen atoms in total. The van der Waals surface area contributed by atoms with Gasteiger partial charge >= 0.3 is 11.9 Å². The number of hydrogen-bond acceptors (Lipinski definition) is 8. The molecule has 0 radical (unpaired) electrons. The molecule has 0 aliphatic carbocycles. The summed E-state index contributed by atoms with van der Waals surface area (Å²) in [5.41, 5.74) is 0. The van der Waals surface area contributed by atoms with E-state index in [-0.39, 0.29) is 43.9 Å². The number of esters is 2. The van der Waals surface area contributed by atoms with Gasteiger partial charge in [-0.05, 0) is 37.1 Å². The molecule has 1 aromatic rings. The Morgan fingerprint density at radius 2 is 1.47 bits per heavy atom. The highest BCUT2D eigenvalue weighted by atomic mass is 32.2. The van der Waals surface area contributed by atoms with Crippen LogP contribution in [0, 0.1) is 5.92 Å².